The van der Waals surface area contributed by atoms with Crippen LogP contribution < -0.4 is 5.32 Å². The van der Waals surface area contributed by atoms with Crippen LogP contribution in [0.5, 0.6) is 0 Å². The number of halogens is 2. The van der Waals surface area contributed by atoms with E-state index in [4.69, 9.17) is 4.98 Å². The van der Waals surface area contributed by atoms with E-state index < -0.39 is 5.82 Å². The standard InChI is InChI=1S/C22H17F2N7/c1-13-26-12-27-31(13)18-8-7-16(11-17(18)24)28-21-20-19(9-10-25-21)30(2)22(29-20)14-3-5-15(23)6-4-14/h3-12H,1-2H3,(H,25,28). The van der Waals surface area contributed by atoms with E-state index in [9.17, 15) is 8.78 Å². The van der Waals surface area contributed by atoms with E-state index in [2.05, 4.69) is 20.4 Å². The molecule has 0 saturated carbocycles. The molecule has 0 spiro atoms. The van der Waals surface area contributed by atoms with Crippen molar-refractivity contribution in [2.45, 2.75) is 6.92 Å². The maximum Gasteiger partial charge on any atom is 0.158 e. The molecule has 2 aromatic carbocycles. The first kappa shape index (κ1) is 18.9. The molecule has 9 heteroatoms. The fourth-order valence-corrected chi connectivity index (χ4v) is 3.50. The van der Waals surface area contributed by atoms with Crippen LogP contribution in [0.25, 0.3) is 28.1 Å². The molecule has 5 rings (SSSR count). The third-order valence-corrected chi connectivity index (χ3v) is 5.06. The number of nitrogens with zero attached hydrogens (tertiary/aromatic N) is 6. The molecule has 7 nitrogen and oxygen atoms in total. The highest BCUT2D eigenvalue weighted by Crippen LogP contribution is 2.29. The van der Waals surface area contributed by atoms with Crippen molar-refractivity contribution in [1.82, 2.24) is 29.3 Å². The van der Waals surface area contributed by atoms with Crippen LogP contribution in [0.1, 0.15) is 5.82 Å². The van der Waals surface area contributed by atoms with Gasteiger partial charge < -0.3 is 9.88 Å². The zero-order chi connectivity index (χ0) is 21.5. The number of nitrogens with one attached hydrogen (secondary N) is 1. The highest BCUT2D eigenvalue weighted by atomic mass is 19.1. The Morgan fingerprint density at radius 1 is 0.968 bits per heavy atom. The summed E-state index contributed by atoms with van der Waals surface area (Å²) in [6.45, 7) is 1.75. The van der Waals surface area contributed by atoms with Gasteiger partial charge in [-0.05, 0) is 55.5 Å². The summed E-state index contributed by atoms with van der Waals surface area (Å²) in [5.74, 6) is 1.00. The van der Waals surface area contributed by atoms with Gasteiger partial charge in [-0.3, -0.25) is 0 Å². The molecule has 0 amide bonds. The minimum atomic E-state index is -0.446. The number of fused-ring (bicyclic) bond motifs is 1. The van der Waals surface area contributed by atoms with E-state index in [0.29, 0.717) is 34.4 Å². The minimum Gasteiger partial charge on any atom is -0.338 e. The Balaban J connectivity index is 1.52. The van der Waals surface area contributed by atoms with Gasteiger partial charge in [0.05, 0.1) is 5.52 Å². The maximum atomic E-state index is 14.7. The predicted molar refractivity (Wildman–Crippen MR) is 113 cm³/mol. The van der Waals surface area contributed by atoms with Gasteiger partial charge in [0, 0.05) is 24.5 Å². The van der Waals surface area contributed by atoms with Crippen LogP contribution >= 0.6 is 0 Å². The number of hydrogen-bond donors (Lipinski definition) is 1. The Morgan fingerprint density at radius 2 is 1.77 bits per heavy atom. The van der Waals surface area contributed by atoms with Gasteiger partial charge in [-0.15, -0.1) is 0 Å². The number of hydrogen-bond acceptors (Lipinski definition) is 5. The normalized spacial score (nSPS) is 11.2. The summed E-state index contributed by atoms with van der Waals surface area (Å²) in [7, 11) is 1.88. The Kier molecular flexibility index (Phi) is 4.43. The zero-order valence-corrected chi connectivity index (χ0v) is 16.7. The Morgan fingerprint density at radius 3 is 2.48 bits per heavy atom. The van der Waals surface area contributed by atoms with E-state index in [0.717, 1.165) is 11.1 Å². The second-order valence-electron chi connectivity index (χ2n) is 7.04. The maximum absolute atomic E-state index is 14.7. The van der Waals surface area contributed by atoms with E-state index in [1.165, 1.54) is 29.2 Å². The topological polar surface area (TPSA) is 73.5 Å². The van der Waals surface area contributed by atoms with Gasteiger partial charge in [0.1, 0.15) is 35.0 Å². The molecule has 1 N–H and O–H groups in total. The summed E-state index contributed by atoms with van der Waals surface area (Å²) in [6.07, 6.45) is 3.04. The van der Waals surface area contributed by atoms with Crippen molar-refractivity contribution >= 4 is 22.5 Å². The quantitative estimate of drug-likeness (QED) is 0.465. The van der Waals surface area contributed by atoms with Crippen molar-refractivity contribution in [2.24, 2.45) is 7.05 Å². The number of imidazole rings is 1. The van der Waals surface area contributed by atoms with Gasteiger partial charge >= 0.3 is 0 Å². The summed E-state index contributed by atoms with van der Waals surface area (Å²) < 4.78 is 31.4. The molecule has 0 saturated heterocycles. The number of benzene rings is 2. The largest absolute Gasteiger partial charge is 0.338 e. The SMILES string of the molecule is Cc1ncnn1-c1ccc(Nc2nccc3c2nc(-c2ccc(F)cc2)n3C)cc1F. The first-order valence-corrected chi connectivity index (χ1v) is 9.52. The molecule has 0 bridgehead atoms. The highest BCUT2D eigenvalue weighted by Gasteiger charge is 2.15. The first-order chi connectivity index (χ1) is 15.0. The van der Waals surface area contributed by atoms with Crippen LogP contribution in [0.15, 0.2) is 61.1 Å². The van der Waals surface area contributed by atoms with Crippen molar-refractivity contribution in [1.29, 1.82) is 0 Å². The number of anilines is 2. The van der Waals surface area contributed by atoms with Gasteiger partial charge in [0.15, 0.2) is 11.6 Å². The van der Waals surface area contributed by atoms with Gasteiger partial charge in [-0.25, -0.2) is 28.4 Å². The molecule has 0 fully saturated rings. The van der Waals surface area contributed by atoms with E-state index in [1.54, 1.807) is 37.4 Å². The van der Waals surface area contributed by atoms with Crippen LogP contribution in [0.3, 0.4) is 0 Å². The van der Waals surface area contributed by atoms with Crippen LogP contribution in [0.2, 0.25) is 0 Å². The number of rotatable bonds is 4. The van der Waals surface area contributed by atoms with Gasteiger partial charge in [-0.1, -0.05) is 0 Å². The summed E-state index contributed by atoms with van der Waals surface area (Å²) in [5.41, 5.74) is 3.08. The van der Waals surface area contributed by atoms with E-state index in [1.807, 2.05) is 17.7 Å². The monoisotopic (exact) mass is 417 g/mol. The molecule has 0 unspecified atom stereocenters. The van der Waals surface area contributed by atoms with Crippen molar-refractivity contribution < 1.29 is 8.78 Å². The van der Waals surface area contributed by atoms with Gasteiger partial charge in [0.2, 0.25) is 0 Å². The van der Waals surface area contributed by atoms with Crippen LogP contribution in [-0.4, -0.2) is 29.3 Å². The first-order valence-electron chi connectivity index (χ1n) is 9.52. The Bertz CT molecular complexity index is 1400. The smallest absolute Gasteiger partial charge is 0.158 e. The second kappa shape index (κ2) is 7.28. The van der Waals surface area contributed by atoms with Crippen LogP contribution in [0, 0.1) is 18.6 Å². The number of pyridine rings is 1. The van der Waals surface area contributed by atoms with Crippen LogP contribution in [-0.2, 0) is 7.05 Å². The molecule has 0 atom stereocenters. The molecule has 5 aromatic rings. The van der Waals surface area contributed by atoms with Crippen molar-refractivity contribution in [3.8, 4) is 17.1 Å². The van der Waals surface area contributed by atoms with Gasteiger partial charge in [-0.2, -0.15) is 5.10 Å². The molecule has 3 heterocycles. The molecule has 0 aliphatic heterocycles. The summed E-state index contributed by atoms with van der Waals surface area (Å²) in [4.78, 5) is 13.1. The lowest BCUT2D eigenvalue weighted by Gasteiger charge is -2.09. The number of aryl methyl sites for hydroxylation is 2. The third kappa shape index (κ3) is 3.29. The highest BCUT2D eigenvalue weighted by molar-refractivity contribution is 5.90. The molecule has 154 valence electrons. The predicted octanol–water partition coefficient (Wildman–Crippen LogP) is 4.55. The number of aromatic nitrogens is 6. The lowest BCUT2D eigenvalue weighted by molar-refractivity contribution is 0.608. The Labute approximate surface area is 176 Å². The molecule has 31 heavy (non-hydrogen) atoms. The molecular weight excluding hydrogens is 400 g/mol. The lowest BCUT2D eigenvalue weighted by atomic mass is 10.2. The molecular formula is C22H17F2N7. The second-order valence-corrected chi connectivity index (χ2v) is 7.04. The molecule has 0 aliphatic rings. The lowest BCUT2D eigenvalue weighted by Crippen LogP contribution is -2.03. The summed E-state index contributed by atoms with van der Waals surface area (Å²) in [5, 5.41) is 7.19. The molecule has 3 aromatic heterocycles. The molecule has 0 radical (unpaired) electrons. The zero-order valence-electron chi connectivity index (χ0n) is 16.7. The van der Waals surface area contributed by atoms with E-state index in [-0.39, 0.29) is 5.82 Å². The fourth-order valence-electron chi connectivity index (χ4n) is 3.50. The van der Waals surface area contributed by atoms with Crippen molar-refractivity contribution in [3.63, 3.8) is 0 Å². The van der Waals surface area contributed by atoms with Crippen LogP contribution in [0.4, 0.5) is 20.3 Å². The van der Waals surface area contributed by atoms with E-state index >= 15 is 0 Å². The minimum absolute atomic E-state index is 0.307. The molecule has 0 aliphatic carbocycles. The van der Waals surface area contributed by atoms with Crippen molar-refractivity contribution in [2.75, 3.05) is 5.32 Å². The fraction of sp³-hybridized carbons (Fsp3) is 0.0909. The Hall–Kier alpha value is -4.14. The summed E-state index contributed by atoms with van der Waals surface area (Å²) >= 11 is 0. The van der Waals surface area contributed by atoms with Crippen molar-refractivity contribution in [3.05, 3.63) is 78.5 Å². The average Bonchev–Trinajstić information content (AvgIpc) is 3.33. The third-order valence-electron chi connectivity index (χ3n) is 5.06. The summed E-state index contributed by atoms with van der Waals surface area (Å²) in [6, 6.07) is 12.7. The van der Waals surface area contributed by atoms with Gasteiger partial charge in [0.25, 0.3) is 0 Å². The average molecular weight is 417 g/mol.